The Bertz CT molecular complexity index is 610. The van der Waals surface area contributed by atoms with Crippen molar-refractivity contribution in [2.75, 3.05) is 0 Å². The van der Waals surface area contributed by atoms with Gasteiger partial charge in [0.1, 0.15) is 0 Å². The quantitative estimate of drug-likeness (QED) is 0.496. The molecular weight excluding hydrogens is 292 g/mol. The number of allylic oxidation sites excluding steroid dienone is 8. The fourth-order valence-electron chi connectivity index (χ4n) is 5.40. The minimum absolute atomic E-state index is 0.784. The Balaban J connectivity index is 1.66. The van der Waals surface area contributed by atoms with Crippen molar-refractivity contribution < 1.29 is 0 Å². The maximum absolute atomic E-state index is 2.43. The molecule has 4 aliphatic carbocycles. The van der Waals surface area contributed by atoms with Crippen LogP contribution in [0.2, 0.25) is 11.1 Å². The van der Waals surface area contributed by atoms with Crippen LogP contribution < -0.4 is 0 Å². The normalized spacial score (nSPS) is 31.3. The van der Waals surface area contributed by atoms with Crippen molar-refractivity contribution in [3.8, 4) is 0 Å². The summed E-state index contributed by atoms with van der Waals surface area (Å²) >= 11 is 0. The van der Waals surface area contributed by atoms with Crippen LogP contribution in [0.25, 0.3) is 0 Å². The first-order valence-electron chi connectivity index (χ1n) is 9.65. The van der Waals surface area contributed by atoms with Gasteiger partial charge in [-0.25, -0.2) is 0 Å². The van der Waals surface area contributed by atoms with Gasteiger partial charge in [-0.1, -0.05) is 22.3 Å². The van der Waals surface area contributed by atoms with E-state index in [1.54, 1.807) is 33.4 Å². The van der Waals surface area contributed by atoms with Crippen LogP contribution >= 0.6 is 0 Å². The minimum Gasteiger partial charge on any atom is -0.0662 e. The Morgan fingerprint density at radius 3 is 1.43 bits per heavy atom. The number of hydrogen-bond donors (Lipinski definition) is 0. The van der Waals surface area contributed by atoms with Gasteiger partial charge in [-0.15, -0.1) is 0 Å². The fraction of sp³-hybridized carbons (Fsp3) is 0.636. The maximum Gasteiger partial charge on any atom is 0.0669 e. The Hall–Kier alpha value is -0.823. The summed E-state index contributed by atoms with van der Waals surface area (Å²) in [6.45, 7) is 9.66. The van der Waals surface area contributed by atoms with E-state index in [0.717, 1.165) is 20.6 Å². The summed E-state index contributed by atoms with van der Waals surface area (Å²) in [7, 11) is 1.06. The first-order valence-corrected chi connectivity index (χ1v) is 10.8. The summed E-state index contributed by atoms with van der Waals surface area (Å²) in [6, 6.07) is 0. The highest BCUT2D eigenvalue weighted by molar-refractivity contribution is 6.45. The van der Waals surface area contributed by atoms with E-state index in [2.05, 4.69) is 27.7 Å². The van der Waals surface area contributed by atoms with Gasteiger partial charge in [-0.3, -0.25) is 0 Å². The summed E-state index contributed by atoms with van der Waals surface area (Å²) in [5, 5.41) is 0. The van der Waals surface area contributed by atoms with Crippen LogP contribution in [-0.4, -0.2) is 9.52 Å². The first-order chi connectivity index (χ1) is 11.1. The highest BCUT2D eigenvalue weighted by atomic mass is 28.2. The van der Waals surface area contributed by atoms with E-state index in [1.807, 2.05) is 11.1 Å². The molecule has 0 spiro atoms. The van der Waals surface area contributed by atoms with Gasteiger partial charge in [0.25, 0.3) is 0 Å². The van der Waals surface area contributed by atoms with Crippen LogP contribution in [0.5, 0.6) is 0 Å². The molecule has 0 amide bonds. The van der Waals surface area contributed by atoms with Crippen molar-refractivity contribution in [2.45, 2.75) is 90.1 Å². The molecule has 4 aliphatic rings. The number of hydrogen-bond acceptors (Lipinski definition) is 0. The average Bonchev–Trinajstić information content (AvgIpc) is 2.97. The predicted octanol–water partition coefficient (Wildman–Crippen LogP) is 6.71. The monoisotopic (exact) mass is 322 g/mol. The van der Waals surface area contributed by atoms with E-state index >= 15 is 0 Å². The van der Waals surface area contributed by atoms with Crippen LogP contribution in [0.3, 0.4) is 0 Å². The second kappa shape index (κ2) is 5.92. The Kier molecular flexibility index (Phi) is 4.04. The highest BCUT2D eigenvalue weighted by Gasteiger charge is 2.37. The van der Waals surface area contributed by atoms with Crippen LogP contribution in [0, 0.1) is 0 Å². The van der Waals surface area contributed by atoms with Gasteiger partial charge in [-0.2, -0.15) is 0 Å². The lowest BCUT2D eigenvalue weighted by atomic mass is 9.91. The smallest absolute Gasteiger partial charge is 0.0662 e. The molecule has 0 aromatic heterocycles. The van der Waals surface area contributed by atoms with Crippen LogP contribution in [0.4, 0.5) is 0 Å². The zero-order valence-electron chi connectivity index (χ0n) is 15.3. The van der Waals surface area contributed by atoms with Crippen molar-refractivity contribution in [1.29, 1.82) is 0 Å². The lowest BCUT2D eigenvalue weighted by Crippen LogP contribution is -2.16. The second-order valence-corrected chi connectivity index (χ2v) is 9.56. The van der Waals surface area contributed by atoms with Gasteiger partial charge in [0.2, 0.25) is 0 Å². The molecule has 0 saturated heterocycles. The lowest BCUT2D eigenvalue weighted by molar-refractivity contribution is 0.669. The first kappa shape index (κ1) is 15.7. The fourth-order valence-corrected chi connectivity index (χ4v) is 7.71. The van der Waals surface area contributed by atoms with Gasteiger partial charge in [-0.05, 0) is 112 Å². The standard InChI is InChI=1S/C22H30Si/c1-13-15(3)21(19-11-7-5-9-17(13)19)23-22-16(4)14(2)18-10-6-8-12-20(18)22/h21-22H,5-12H2,1-4H3. The van der Waals surface area contributed by atoms with E-state index in [4.69, 9.17) is 0 Å². The van der Waals surface area contributed by atoms with Crippen LogP contribution in [0.15, 0.2) is 44.6 Å². The predicted molar refractivity (Wildman–Crippen MR) is 101 cm³/mol. The maximum atomic E-state index is 2.43. The molecule has 23 heavy (non-hydrogen) atoms. The van der Waals surface area contributed by atoms with Crippen molar-refractivity contribution in [3.63, 3.8) is 0 Å². The van der Waals surface area contributed by atoms with E-state index in [0.29, 0.717) is 0 Å². The summed E-state index contributed by atoms with van der Waals surface area (Å²) in [5.74, 6) is 0. The molecule has 0 aromatic rings. The van der Waals surface area contributed by atoms with Crippen LogP contribution in [0.1, 0.15) is 79.1 Å². The summed E-state index contributed by atoms with van der Waals surface area (Å²) < 4.78 is 0. The zero-order chi connectivity index (χ0) is 16.1. The minimum atomic E-state index is 0.784. The van der Waals surface area contributed by atoms with Crippen molar-refractivity contribution >= 4 is 9.52 Å². The average molecular weight is 323 g/mol. The molecule has 0 saturated carbocycles. The van der Waals surface area contributed by atoms with Gasteiger partial charge in [0.05, 0.1) is 9.52 Å². The molecule has 0 fully saturated rings. The molecule has 122 valence electrons. The van der Waals surface area contributed by atoms with Gasteiger partial charge >= 0.3 is 0 Å². The van der Waals surface area contributed by atoms with E-state index in [1.165, 1.54) is 51.4 Å². The third kappa shape index (κ3) is 2.38. The van der Waals surface area contributed by atoms with Gasteiger partial charge in [0, 0.05) is 0 Å². The van der Waals surface area contributed by atoms with Crippen molar-refractivity contribution in [3.05, 3.63) is 44.6 Å². The number of rotatable bonds is 2. The van der Waals surface area contributed by atoms with E-state index < -0.39 is 0 Å². The van der Waals surface area contributed by atoms with Crippen molar-refractivity contribution in [2.24, 2.45) is 0 Å². The third-order valence-electron chi connectivity index (χ3n) is 7.01. The summed E-state index contributed by atoms with van der Waals surface area (Å²) in [4.78, 5) is 0. The molecule has 2 atom stereocenters. The molecule has 4 rings (SSSR count). The van der Waals surface area contributed by atoms with Gasteiger partial charge < -0.3 is 0 Å². The molecule has 0 heterocycles. The molecule has 0 nitrogen and oxygen atoms in total. The lowest BCUT2D eigenvalue weighted by Gasteiger charge is -2.27. The Morgan fingerprint density at radius 1 is 0.609 bits per heavy atom. The molecular formula is C22H30Si. The molecule has 1 heteroatoms. The summed E-state index contributed by atoms with van der Waals surface area (Å²) in [6.07, 6.45) is 11.1. The summed E-state index contributed by atoms with van der Waals surface area (Å²) in [5.41, 5.74) is 15.5. The molecule has 0 aromatic carbocycles. The molecule has 2 radical (unpaired) electrons. The van der Waals surface area contributed by atoms with Gasteiger partial charge in [0.15, 0.2) is 0 Å². The topological polar surface area (TPSA) is 0 Å². The van der Waals surface area contributed by atoms with Crippen LogP contribution in [-0.2, 0) is 0 Å². The molecule has 0 N–H and O–H groups in total. The Morgan fingerprint density at radius 2 is 1.00 bits per heavy atom. The van der Waals surface area contributed by atoms with Crippen molar-refractivity contribution in [1.82, 2.24) is 0 Å². The molecule has 0 aliphatic heterocycles. The zero-order valence-corrected chi connectivity index (χ0v) is 16.3. The SMILES string of the molecule is CC1=C(C)C([Si]C2C(C)=C(C)C3=C2CCCC3)C2=C1CCCC2. The third-order valence-corrected chi connectivity index (χ3v) is 9.24. The molecule has 2 unspecified atom stereocenters. The van der Waals surface area contributed by atoms with E-state index in [-0.39, 0.29) is 0 Å². The highest BCUT2D eigenvalue weighted by Crippen LogP contribution is 2.53. The largest absolute Gasteiger partial charge is 0.0669 e. The second-order valence-electron chi connectivity index (χ2n) is 8.07. The Labute approximate surface area is 144 Å². The van der Waals surface area contributed by atoms with E-state index in [9.17, 15) is 0 Å². The molecule has 0 bridgehead atoms.